The minimum Gasteiger partial charge on any atom is -0.351 e. The Morgan fingerprint density at radius 2 is 1.72 bits per heavy atom. The molecule has 3 heterocycles. The summed E-state index contributed by atoms with van der Waals surface area (Å²) >= 11 is 0. The van der Waals surface area contributed by atoms with Crippen LogP contribution in [0.25, 0.3) is 0 Å². The maximum absolute atomic E-state index is 13.8. The van der Waals surface area contributed by atoms with Crippen molar-refractivity contribution in [2.24, 2.45) is 9.98 Å². The van der Waals surface area contributed by atoms with E-state index in [0.717, 1.165) is 37.6 Å². The Bertz CT molecular complexity index is 806. The average molecular weight is 345 g/mol. The zero-order valence-electron chi connectivity index (χ0n) is 14.6. The highest BCUT2D eigenvalue weighted by Gasteiger charge is 2.34. The number of amidine groups is 2. The summed E-state index contributed by atoms with van der Waals surface area (Å²) in [6.07, 6.45) is 1.95. The van der Waals surface area contributed by atoms with E-state index in [0.29, 0.717) is 17.2 Å². The Hall–Kier alpha value is -2.28. The van der Waals surface area contributed by atoms with Gasteiger partial charge in [-0.2, -0.15) is 0 Å². The first-order valence-electron chi connectivity index (χ1n) is 8.51. The van der Waals surface area contributed by atoms with Gasteiger partial charge in [0.15, 0.2) is 23.3 Å². The maximum atomic E-state index is 13.8. The monoisotopic (exact) mass is 345 g/mol. The summed E-state index contributed by atoms with van der Waals surface area (Å²) in [5, 5.41) is 0. The Kier molecular flexibility index (Phi) is 3.83. The summed E-state index contributed by atoms with van der Waals surface area (Å²) in [4.78, 5) is 15.7. The van der Waals surface area contributed by atoms with E-state index >= 15 is 0 Å². The standard InChI is InChI=1S/C18H21F2N5/c1-11-10-25-16-9-14(20)13(19)8-15(16)22-17(18(25)21-12(11)2)24-6-4-23(3)5-7-24/h8-10,12H,4-7H2,1-3H3. The molecule has 0 N–H and O–H groups in total. The van der Waals surface area contributed by atoms with Gasteiger partial charge in [-0.15, -0.1) is 0 Å². The number of nitrogens with zero attached hydrogens (tertiary/aromatic N) is 5. The van der Waals surface area contributed by atoms with Crippen LogP contribution in [0.4, 0.5) is 20.2 Å². The SMILES string of the molecule is CC1=CN2C(=NC1C)C(N1CCN(C)CC1)=Nc1cc(F)c(F)cc12. The zero-order chi connectivity index (χ0) is 17.7. The zero-order valence-corrected chi connectivity index (χ0v) is 14.6. The van der Waals surface area contributed by atoms with E-state index in [4.69, 9.17) is 4.99 Å². The number of rotatable bonds is 0. The predicted octanol–water partition coefficient (Wildman–Crippen LogP) is 2.77. The molecule has 0 bridgehead atoms. The van der Waals surface area contributed by atoms with Crippen LogP contribution in [0.2, 0.25) is 0 Å². The van der Waals surface area contributed by atoms with Gasteiger partial charge in [0, 0.05) is 44.5 Å². The third kappa shape index (κ3) is 2.72. The number of halogens is 2. The van der Waals surface area contributed by atoms with Crippen molar-refractivity contribution < 1.29 is 8.78 Å². The quantitative estimate of drug-likeness (QED) is 0.725. The number of likely N-dealkylation sites (N-methyl/N-ethyl adjacent to an activating group) is 1. The number of hydrogen-bond acceptors (Lipinski definition) is 5. The highest BCUT2D eigenvalue weighted by molar-refractivity contribution is 6.48. The number of hydrogen-bond donors (Lipinski definition) is 0. The second-order valence-electron chi connectivity index (χ2n) is 6.85. The summed E-state index contributed by atoms with van der Waals surface area (Å²) in [5.41, 5.74) is 2.03. The van der Waals surface area contributed by atoms with Gasteiger partial charge in [-0.05, 0) is 26.5 Å². The molecular weight excluding hydrogens is 324 g/mol. The number of aliphatic imine (C=N–C) groups is 2. The van der Waals surface area contributed by atoms with E-state index in [9.17, 15) is 8.78 Å². The fourth-order valence-corrected chi connectivity index (χ4v) is 3.27. The van der Waals surface area contributed by atoms with Crippen molar-refractivity contribution in [3.05, 3.63) is 35.5 Å². The summed E-state index contributed by atoms with van der Waals surface area (Å²) in [6, 6.07) is 2.40. The molecule has 25 heavy (non-hydrogen) atoms. The average Bonchev–Trinajstić information content (AvgIpc) is 2.58. The van der Waals surface area contributed by atoms with Crippen molar-refractivity contribution in [1.82, 2.24) is 9.80 Å². The first-order chi connectivity index (χ1) is 11.9. The second-order valence-corrected chi connectivity index (χ2v) is 6.85. The molecule has 1 aromatic rings. The van der Waals surface area contributed by atoms with Crippen LogP contribution in [-0.2, 0) is 0 Å². The lowest BCUT2D eigenvalue weighted by molar-refractivity contribution is 0.217. The lowest BCUT2D eigenvalue weighted by Crippen LogP contribution is -2.53. The van der Waals surface area contributed by atoms with Crippen molar-refractivity contribution in [1.29, 1.82) is 0 Å². The second kappa shape index (κ2) is 5.91. The van der Waals surface area contributed by atoms with Gasteiger partial charge in [-0.3, -0.25) is 9.89 Å². The third-order valence-electron chi connectivity index (χ3n) is 5.04. The number of benzene rings is 1. The van der Waals surface area contributed by atoms with Gasteiger partial charge >= 0.3 is 0 Å². The number of anilines is 1. The molecule has 132 valence electrons. The van der Waals surface area contributed by atoms with Crippen LogP contribution in [0.1, 0.15) is 13.8 Å². The molecule has 7 heteroatoms. The van der Waals surface area contributed by atoms with E-state index in [1.807, 2.05) is 24.9 Å². The molecule has 0 radical (unpaired) electrons. The van der Waals surface area contributed by atoms with E-state index in [-0.39, 0.29) is 6.04 Å². The summed E-state index contributed by atoms with van der Waals surface area (Å²) < 4.78 is 27.6. The summed E-state index contributed by atoms with van der Waals surface area (Å²) in [5.74, 6) is -0.309. The fraction of sp³-hybridized carbons (Fsp3) is 0.444. The van der Waals surface area contributed by atoms with Crippen molar-refractivity contribution in [2.45, 2.75) is 19.9 Å². The first kappa shape index (κ1) is 16.2. The minimum absolute atomic E-state index is 0.0377. The lowest BCUT2D eigenvalue weighted by atomic mass is 10.1. The molecule has 1 atom stereocenters. The van der Waals surface area contributed by atoms with Gasteiger partial charge in [0.25, 0.3) is 0 Å². The minimum atomic E-state index is -0.883. The first-order valence-corrected chi connectivity index (χ1v) is 8.51. The Balaban J connectivity index is 1.83. The summed E-state index contributed by atoms with van der Waals surface area (Å²) in [6.45, 7) is 7.55. The molecule has 5 nitrogen and oxygen atoms in total. The van der Waals surface area contributed by atoms with Gasteiger partial charge in [0.2, 0.25) is 0 Å². The lowest BCUT2D eigenvalue weighted by Gasteiger charge is -2.40. The van der Waals surface area contributed by atoms with Crippen LogP contribution in [0, 0.1) is 11.6 Å². The van der Waals surface area contributed by atoms with Crippen LogP contribution in [-0.4, -0.2) is 60.7 Å². The van der Waals surface area contributed by atoms with Crippen molar-refractivity contribution in [3.63, 3.8) is 0 Å². The smallest absolute Gasteiger partial charge is 0.176 e. The summed E-state index contributed by atoms with van der Waals surface area (Å²) in [7, 11) is 2.09. The number of piperazine rings is 1. The van der Waals surface area contributed by atoms with Crippen molar-refractivity contribution >= 4 is 23.0 Å². The van der Waals surface area contributed by atoms with Crippen LogP contribution < -0.4 is 4.90 Å². The van der Waals surface area contributed by atoms with Crippen LogP contribution in [0.15, 0.2) is 33.9 Å². The predicted molar refractivity (Wildman–Crippen MR) is 95.7 cm³/mol. The molecule has 0 spiro atoms. The van der Waals surface area contributed by atoms with E-state index in [1.54, 1.807) is 0 Å². The third-order valence-corrected chi connectivity index (χ3v) is 5.04. The largest absolute Gasteiger partial charge is 0.351 e. The normalized spacial score (nSPS) is 23.6. The Labute approximate surface area is 146 Å². The Morgan fingerprint density at radius 3 is 2.44 bits per heavy atom. The molecular formula is C18H21F2N5. The van der Waals surface area contributed by atoms with Crippen molar-refractivity contribution in [2.75, 3.05) is 38.1 Å². The highest BCUT2D eigenvalue weighted by Crippen LogP contribution is 2.38. The molecule has 1 unspecified atom stereocenters. The van der Waals surface area contributed by atoms with Crippen LogP contribution in [0.5, 0.6) is 0 Å². The molecule has 1 saturated heterocycles. The molecule has 0 amide bonds. The van der Waals surface area contributed by atoms with Gasteiger partial charge < -0.3 is 9.80 Å². The molecule has 1 aromatic carbocycles. The molecule has 3 aliphatic heterocycles. The maximum Gasteiger partial charge on any atom is 0.176 e. The molecule has 0 aromatic heterocycles. The van der Waals surface area contributed by atoms with E-state index < -0.39 is 11.6 Å². The topological polar surface area (TPSA) is 34.4 Å². The molecule has 0 saturated carbocycles. The van der Waals surface area contributed by atoms with E-state index in [2.05, 4.69) is 21.8 Å². The number of fused-ring (bicyclic) bond motifs is 3. The van der Waals surface area contributed by atoms with Gasteiger partial charge in [-0.1, -0.05) is 0 Å². The van der Waals surface area contributed by atoms with Gasteiger partial charge in [-0.25, -0.2) is 13.8 Å². The van der Waals surface area contributed by atoms with Crippen LogP contribution in [0.3, 0.4) is 0 Å². The van der Waals surface area contributed by atoms with E-state index in [1.165, 1.54) is 12.1 Å². The Morgan fingerprint density at radius 1 is 1.04 bits per heavy atom. The molecule has 3 aliphatic rings. The van der Waals surface area contributed by atoms with Gasteiger partial charge in [0.1, 0.15) is 0 Å². The van der Waals surface area contributed by atoms with Crippen LogP contribution >= 0.6 is 0 Å². The molecule has 1 fully saturated rings. The molecule has 4 rings (SSSR count). The van der Waals surface area contributed by atoms with Gasteiger partial charge in [0.05, 0.1) is 17.4 Å². The molecule has 0 aliphatic carbocycles. The van der Waals surface area contributed by atoms with Crippen molar-refractivity contribution in [3.8, 4) is 0 Å². The fourth-order valence-electron chi connectivity index (χ4n) is 3.27. The highest BCUT2D eigenvalue weighted by atomic mass is 19.2.